The molecule has 29 heavy (non-hydrogen) atoms. The zero-order valence-electron chi connectivity index (χ0n) is 16.6. The third-order valence-electron chi connectivity index (χ3n) is 4.92. The number of H-pyrrole nitrogens is 1. The lowest BCUT2D eigenvalue weighted by Gasteiger charge is -2.18. The molecule has 0 bridgehead atoms. The summed E-state index contributed by atoms with van der Waals surface area (Å²) in [6, 6.07) is 10.1. The van der Waals surface area contributed by atoms with Crippen LogP contribution in [0.1, 0.15) is 25.0 Å². The van der Waals surface area contributed by atoms with Crippen LogP contribution in [0.2, 0.25) is 0 Å². The van der Waals surface area contributed by atoms with E-state index in [4.69, 9.17) is 9.47 Å². The van der Waals surface area contributed by atoms with Crippen molar-refractivity contribution in [3.8, 4) is 5.88 Å². The minimum Gasteiger partial charge on any atom is -0.494 e. The number of aliphatic imine (C=N–C) groups is 1. The van der Waals surface area contributed by atoms with Crippen LogP contribution in [0, 0.1) is 12.7 Å². The average molecular weight is 397 g/mol. The third kappa shape index (κ3) is 4.26. The molecule has 2 heterocycles. The molecule has 152 valence electrons. The van der Waals surface area contributed by atoms with Gasteiger partial charge in [-0.05, 0) is 62.7 Å². The zero-order chi connectivity index (χ0) is 20.6. The molecule has 2 aromatic carbocycles. The zero-order valence-corrected chi connectivity index (χ0v) is 16.6. The summed E-state index contributed by atoms with van der Waals surface area (Å²) in [6.07, 6.45) is 1.55. The summed E-state index contributed by atoms with van der Waals surface area (Å²) in [4.78, 5) is 7.27. The number of aryl methyl sites for hydroxylation is 1. The van der Waals surface area contributed by atoms with E-state index in [0.29, 0.717) is 29.6 Å². The van der Waals surface area contributed by atoms with E-state index in [-0.39, 0.29) is 17.8 Å². The van der Waals surface area contributed by atoms with Gasteiger partial charge >= 0.3 is 0 Å². The molecular formula is C22H24FN3O3. The van der Waals surface area contributed by atoms with Crippen LogP contribution in [-0.4, -0.2) is 41.3 Å². The predicted molar refractivity (Wildman–Crippen MR) is 112 cm³/mol. The molecule has 6 nitrogen and oxygen atoms in total. The van der Waals surface area contributed by atoms with Gasteiger partial charge in [0.25, 0.3) is 0 Å². The first-order valence-electron chi connectivity index (χ1n) is 9.51. The monoisotopic (exact) mass is 397 g/mol. The van der Waals surface area contributed by atoms with Gasteiger partial charge in [-0.15, -0.1) is 0 Å². The molecular weight excluding hydrogens is 373 g/mol. The molecule has 3 N–H and O–H groups in total. The molecule has 0 spiro atoms. The molecule has 1 atom stereocenters. The number of aromatic nitrogens is 1. The highest BCUT2D eigenvalue weighted by Crippen LogP contribution is 2.28. The SMILES string of the molecule is Cc1cc(N=Cc2c(O)[nH]c3ccc(F)cc23)ccc1NCC1COC(C)(C)O1. The third-order valence-corrected chi connectivity index (χ3v) is 4.92. The Bertz CT molecular complexity index is 1070. The van der Waals surface area contributed by atoms with Gasteiger partial charge < -0.3 is 24.9 Å². The molecule has 1 fully saturated rings. The molecule has 0 saturated carbocycles. The number of hydrogen-bond donors (Lipinski definition) is 3. The molecule has 3 aromatic rings. The fourth-order valence-corrected chi connectivity index (χ4v) is 3.45. The number of ether oxygens (including phenoxy) is 2. The molecule has 1 aliphatic heterocycles. The van der Waals surface area contributed by atoms with Crippen molar-refractivity contribution in [2.75, 3.05) is 18.5 Å². The summed E-state index contributed by atoms with van der Waals surface area (Å²) in [7, 11) is 0. The summed E-state index contributed by atoms with van der Waals surface area (Å²) < 4.78 is 24.9. The summed E-state index contributed by atoms with van der Waals surface area (Å²) in [6.45, 7) is 7.03. The average Bonchev–Trinajstić information content (AvgIpc) is 3.17. The van der Waals surface area contributed by atoms with Crippen molar-refractivity contribution in [1.29, 1.82) is 0 Å². The Morgan fingerprint density at radius 3 is 2.86 bits per heavy atom. The van der Waals surface area contributed by atoms with Crippen LogP contribution in [-0.2, 0) is 9.47 Å². The van der Waals surface area contributed by atoms with Crippen molar-refractivity contribution in [2.45, 2.75) is 32.7 Å². The molecule has 1 aromatic heterocycles. The number of hydrogen-bond acceptors (Lipinski definition) is 5. The second-order valence-electron chi connectivity index (χ2n) is 7.67. The summed E-state index contributed by atoms with van der Waals surface area (Å²) in [5.74, 6) is -0.930. The minimum atomic E-state index is -0.531. The highest BCUT2D eigenvalue weighted by Gasteiger charge is 2.32. The van der Waals surface area contributed by atoms with Crippen molar-refractivity contribution >= 4 is 28.5 Å². The maximum absolute atomic E-state index is 13.5. The van der Waals surface area contributed by atoms with Gasteiger partial charge in [-0.1, -0.05) is 0 Å². The Labute approximate surface area is 168 Å². The number of aromatic amines is 1. The highest BCUT2D eigenvalue weighted by atomic mass is 19.1. The van der Waals surface area contributed by atoms with E-state index in [1.54, 1.807) is 12.3 Å². The molecule has 4 rings (SSSR count). The molecule has 0 aliphatic carbocycles. The lowest BCUT2D eigenvalue weighted by atomic mass is 10.1. The summed E-state index contributed by atoms with van der Waals surface area (Å²) in [5.41, 5.74) is 3.88. The summed E-state index contributed by atoms with van der Waals surface area (Å²) in [5, 5.41) is 14.1. The fraction of sp³-hybridized carbons (Fsp3) is 0.318. The predicted octanol–water partition coefficient (Wildman–Crippen LogP) is 4.64. The molecule has 0 amide bonds. The molecule has 1 unspecified atom stereocenters. The van der Waals surface area contributed by atoms with Gasteiger partial charge in [0.1, 0.15) is 11.9 Å². The van der Waals surface area contributed by atoms with E-state index >= 15 is 0 Å². The van der Waals surface area contributed by atoms with E-state index in [2.05, 4.69) is 15.3 Å². The van der Waals surface area contributed by atoms with Crippen molar-refractivity contribution in [3.05, 3.63) is 53.3 Å². The molecule has 1 aliphatic rings. The molecule has 1 saturated heterocycles. The van der Waals surface area contributed by atoms with Crippen LogP contribution in [0.5, 0.6) is 5.88 Å². The smallest absolute Gasteiger partial charge is 0.198 e. The first-order chi connectivity index (χ1) is 13.8. The Morgan fingerprint density at radius 1 is 1.31 bits per heavy atom. The topological polar surface area (TPSA) is 78.9 Å². The molecule has 7 heteroatoms. The van der Waals surface area contributed by atoms with Gasteiger partial charge in [-0.25, -0.2) is 4.39 Å². The number of anilines is 1. The van der Waals surface area contributed by atoms with Gasteiger partial charge in [0.2, 0.25) is 0 Å². The van der Waals surface area contributed by atoms with Crippen LogP contribution in [0.25, 0.3) is 10.9 Å². The fourth-order valence-electron chi connectivity index (χ4n) is 3.45. The van der Waals surface area contributed by atoms with Gasteiger partial charge in [0.05, 0.1) is 17.9 Å². The number of nitrogens with one attached hydrogen (secondary N) is 2. The van der Waals surface area contributed by atoms with Crippen molar-refractivity contribution < 1.29 is 19.0 Å². The van der Waals surface area contributed by atoms with Crippen LogP contribution >= 0.6 is 0 Å². The van der Waals surface area contributed by atoms with Gasteiger partial charge in [0.15, 0.2) is 11.7 Å². The maximum atomic E-state index is 13.5. The Morgan fingerprint density at radius 2 is 2.14 bits per heavy atom. The lowest BCUT2D eigenvalue weighted by Crippen LogP contribution is -2.26. The number of fused-ring (bicyclic) bond motifs is 1. The van der Waals surface area contributed by atoms with Crippen molar-refractivity contribution in [3.63, 3.8) is 0 Å². The van der Waals surface area contributed by atoms with Crippen molar-refractivity contribution in [1.82, 2.24) is 4.98 Å². The maximum Gasteiger partial charge on any atom is 0.198 e. The minimum absolute atomic E-state index is 0.00680. The largest absolute Gasteiger partial charge is 0.494 e. The Hall–Kier alpha value is -2.90. The number of rotatable bonds is 5. The van der Waals surface area contributed by atoms with Crippen LogP contribution in [0.15, 0.2) is 41.4 Å². The Kier molecular flexibility index (Phi) is 5.02. The van der Waals surface area contributed by atoms with E-state index < -0.39 is 5.79 Å². The Balaban J connectivity index is 1.47. The van der Waals surface area contributed by atoms with E-state index in [0.717, 1.165) is 16.9 Å². The number of aromatic hydroxyl groups is 1. The van der Waals surface area contributed by atoms with Gasteiger partial charge in [-0.3, -0.25) is 4.99 Å². The van der Waals surface area contributed by atoms with Crippen LogP contribution < -0.4 is 5.32 Å². The second kappa shape index (κ2) is 7.50. The second-order valence-corrected chi connectivity index (χ2v) is 7.67. The number of benzene rings is 2. The van der Waals surface area contributed by atoms with Crippen LogP contribution in [0.3, 0.4) is 0 Å². The quantitative estimate of drug-likeness (QED) is 0.548. The first-order valence-corrected chi connectivity index (χ1v) is 9.51. The number of nitrogens with zero attached hydrogens (tertiary/aromatic N) is 1. The number of halogens is 1. The van der Waals surface area contributed by atoms with E-state index in [1.165, 1.54) is 12.1 Å². The lowest BCUT2D eigenvalue weighted by molar-refractivity contribution is -0.136. The van der Waals surface area contributed by atoms with Gasteiger partial charge in [-0.2, -0.15) is 0 Å². The normalized spacial score (nSPS) is 18.7. The first kappa shape index (κ1) is 19.4. The summed E-state index contributed by atoms with van der Waals surface area (Å²) >= 11 is 0. The standard InChI is InChI=1S/C22H24FN3O3/c1-13-8-15(5-7-19(13)25-10-16-12-28-22(2,3)29-16)24-11-18-17-9-14(23)4-6-20(17)26-21(18)27/h4-9,11,16,25-27H,10,12H2,1-3H3. The highest BCUT2D eigenvalue weighted by molar-refractivity contribution is 6.02. The van der Waals surface area contributed by atoms with Crippen LogP contribution in [0.4, 0.5) is 15.8 Å². The van der Waals surface area contributed by atoms with Crippen molar-refractivity contribution in [2.24, 2.45) is 4.99 Å². The van der Waals surface area contributed by atoms with E-state index in [9.17, 15) is 9.50 Å². The van der Waals surface area contributed by atoms with Gasteiger partial charge in [0, 0.05) is 29.3 Å². The molecule has 0 radical (unpaired) electrons. The van der Waals surface area contributed by atoms with E-state index in [1.807, 2.05) is 39.0 Å².